The molecule has 1 aromatic heterocycles. The van der Waals surface area contributed by atoms with Gasteiger partial charge in [-0.3, -0.25) is 4.98 Å². The fourth-order valence-corrected chi connectivity index (χ4v) is 2.38. The molecule has 17 heavy (non-hydrogen) atoms. The lowest BCUT2D eigenvalue weighted by Crippen LogP contribution is -1.96. The van der Waals surface area contributed by atoms with Gasteiger partial charge in [-0.25, -0.2) is 4.39 Å². The SMILES string of the molecule is Cc1ccnc2c(CCC3CC3)c(F)ccc12. The monoisotopic (exact) mass is 229 g/mol. The summed E-state index contributed by atoms with van der Waals surface area (Å²) in [5, 5.41) is 1.08. The van der Waals surface area contributed by atoms with Crippen LogP contribution in [0.15, 0.2) is 24.4 Å². The molecule has 2 heteroatoms. The molecule has 1 nitrogen and oxygen atoms in total. The number of nitrogens with zero attached hydrogens (tertiary/aromatic N) is 1. The molecule has 0 saturated heterocycles. The molecule has 1 saturated carbocycles. The third-order valence-corrected chi connectivity index (χ3v) is 3.68. The molecule has 1 heterocycles. The van der Waals surface area contributed by atoms with Crippen molar-refractivity contribution >= 4 is 10.9 Å². The lowest BCUT2D eigenvalue weighted by atomic mass is 10.0. The summed E-state index contributed by atoms with van der Waals surface area (Å²) in [6.45, 7) is 2.05. The number of aromatic nitrogens is 1. The van der Waals surface area contributed by atoms with Crippen molar-refractivity contribution in [3.05, 3.63) is 41.3 Å². The first-order chi connectivity index (χ1) is 8.25. The summed E-state index contributed by atoms with van der Waals surface area (Å²) in [5.41, 5.74) is 2.83. The Morgan fingerprint density at radius 1 is 1.29 bits per heavy atom. The Bertz CT molecular complexity index is 558. The van der Waals surface area contributed by atoms with E-state index in [2.05, 4.69) is 4.98 Å². The molecule has 0 aliphatic heterocycles. The number of halogens is 1. The van der Waals surface area contributed by atoms with Crippen LogP contribution in [0.3, 0.4) is 0 Å². The van der Waals surface area contributed by atoms with Gasteiger partial charge in [-0.1, -0.05) is 12.8 Å². The molecular weight excluding hydrogens is 213 g/mol. The number of hydrogen-bond acceptors (Lipinski definition) is 1. The van der Waals surface area contributed by atoms with Crippen LogP contribution in [0.25, 0.3) is 10.9 Å². The standard InChI is InChI=1S/C15H16FN/c1-10-8-9-17-15-12(10)6-7-14(16)13(15)5-4-11-2-3-11/h6-9,11H,2-5H2,1H3. The van der Waals surface area contributed by atoms with Crippen molar-refractivity contribution in [3.63, 3.8) is 0 Å². The van der Waals surface area contributed by atoms with Gasteiger partial charge in [0, 0.05) is 17.1 Å². The van der Waals surface area contributed by atoms with E-state index in [1.807, 2.05) is 19.1 Å². The Morgan fingerprint density at radius 2 is 2.12 bits per heavy atom. The first-order valence-electron chi connectivity index (χ1n) is 6.28. The van der Waals surface area contributed by atoms with E-state index in [-0.39, 0.29) is 5.82 Å². The quantitative estimate of drug-likeness (QED) is 0.774. The fraction of sp³-hybridized carbons (Fsp3) is 0.400. The van der Waals surface area contributed by atoms with E-state index >= 15 is 0 Å². The number of benzene rings is 1. The van der Waals surface area contributed by atoms with E-state index in [1.54, 1.807) is 12.3 Å². The fourth-order valence-electron chi connectivity index (χ4n) is 2.38. The van der Waals surface area contributed by atoms with Crippen LogP contribution in [0.2, 0.25) is 0 Å². The number of pyridine rings is 1. The maximum absolute atomic E-state index is 13.9. The highest BCUT2D eigenvalue weighted by Crippen LogP contribution is 2.34. The number of hydrogen-bond donors (Lipinski definition) is 0. The Hall–Kier alpha value is -1.44. The lowest BCUT2D eigenvalue weighted by Gasteiger charge is -2.08. The van der Waals surface area contributed by atoms with Crippen molar-refractivity contribution in [1.29, 1.82) is 0 Å². The molecule has 0 unspecified atom stereocenters. The van der Waals surface area contributed by atoms with Crippen LogP contribution in [0.4, 0.5) is 4.39 Å². The Morgan fingerprint density at radius 3 is 2.88 bits per heavy atom. The average molecular weight is 229 g/mol. The third kappa shape index (κ3) is 2.04. The van der Waals surface area contributed by atoms with Crippen LogP contribution in [-0.4, -0.2) is 4.98 Å². The van der Waals surface area contributed by atoms with E-state index in [0.717, 1.165) is 35.2 Å². The van der Waals surface area contributed by atoms with E-state index < -0.39 is 0 Å². The van der Waals surface area contributed by atoms with Gasteiger partial charge < -0.3 is 0 Å². The summed E-state index contributed by atoms with van der Waals surface area (Å²) in [4.78, 5) is 4.36. The molecule has 1 aromatic carbocycles. The largest absolute Gasteiger partial charge is 0.256 e. The van der Waals surface area contributed by atoms with Crippen LogP contribution in [0.5, 0.6) is 0 Å². The van der Waals surface area contributed by atoms with Crippen molar-refractivity contribution in [2.45, 2.75) is 32.6 Å². The summed E-state index contributed by atoms with van der Waals surface area (Å²) >= 11 is 0. The Balaban J connectivity index is 2.06. The van der Waals surface area contributed by atoms with Crippen LogP contribution in [0, 0.1) is 18.7 Å². The summed E-state index contributed by atoms with van der Waals surface area (Å²) in [7, 11) is 0. The summed E-state index contributed by atoms with van der Waals surface area (Å²) < 4.78 is 13.9. The molecule has 0 radical (unpaired) electrons. The second-order valence-corrected chi connectivity index (χ2v) is 5.03. The van der Waals surface area contributed by atoms with Crippen LogP contribution >= 0.6 is 0 Å². The van der Waals surface area contributed by atoms with Crippen LogP contribution in [-0.2, 0) is 6.42 Å². The highest BCUT2D eigenvalue weighted by Gasteiger charge is 2.22. The molecule has 88 valence electrons. The highest BCUT2D eigenvalue weighted by atomic mass is 19.1. The smallest absolute Gasteiger partial charge is 0.128 e. The van der Waals surface area contributed by atoms with Gasteiger partial charge >= 0.3 is 0 Å². The first kappa shape index (κ1) is 10.7. The van der Waals surface area contributed by atoms with Gasteiger partial charge in [0.2, 0.25) is 0 Å². The third-order valence-electron chi connectivity index (χ3n) is 3.68. The Kier molecular flexibility index (Phi) is 2.58. The van der Waals surface area contributed by atoms with Crippen molar-refractivity contribution in [1.82, 2.24) is 4.98 Å². The number of rotatable bonds is 3. The van der Waals surface area contributed by atoms with E-state index in [9.17, 15) is 4.39 Å². The second kappa shape index (κ2) is 4.10. The van der Waals surface area contributed by atoms with Gasteiger partial charge in [0.15, 0.2) is 0 Å². The molecule has 2 aromatic rings. The zero-order valence-corrected chi connectivity index (χ0v) is 10.0. The molecule has 1 aliphatic rings. The van der Waals surface area contributed by atoms with E-state index in [1.165, 1.54) is 18.4 Å². The molecule has 1 fully saturated rings. The molecular formula is C15H16FN. The van der Waals surface area contributed by atoms with Crippen molar-refractivity contribution in [3.8, 4) is 0 Å². The molecule has 0 amide bonds. The molecule has 0 bridgehead atoms. The van der Waals surface area contributed by atoms with Gasteiger partial charge in [-0.05, 0) is 49.4 Å². The van der Waals surface area contributed by atoms with E-state index in [4.69, 9.17) is 0 Å². The van der Waals surface area contributed by atoms with Gasteiger partial charge in [0.25, 0.3) is 0 Å². The maximum atomic E-state index is 13.9. The lowest BCUT2D eigenvalue weighted by molar-refractivity contribution is 0.600. The predicted octanol–water partition coefficient (Wildman–Crippen LogP) is 4.02. The van der Waals surface area contributed by atoms with Crippen molar-refractivity contribution in [2.24, 2.45) is 5.92 Å². The molecule has 0 N–H and O–H groups in total. The van der Waals surface area contributed by atoms with Gasteiger partial charge in [-0.2, -0.15) is 0 Å². The number of fused-ring (bicyclic) bond motifs is 1. The van der Waals surface area contributed by atoms with Gasteiger partial charge in [-0.15, -0.1) is 0 Å². The second-order valence-electron chi connectivity index (χ2n) is 5.03. The molecule has 0 atom stereocenters. The zero-order chi connectivity index (χ0) is 11.8. The summed E-state index contributed by atoms with van der Waals surface area (Å²) in [6, 6.07) is 5.40. The average Bonchev–Trinajstić information content (AvgIpc) is 3.12. The van der Waals surface area contributed by atoms with Crippen LogP contribution < -0.4 is 0 Å². The normalized spacial score (nSPS) is 15.4. The minimum Gasteiger partial charge on any atom is -0.256 e. The molecule has 0 spiro atoms. The minimum absolute atomic E-state index is 0.101. The van der Waals surface area contributed by atoms with E-state index in [0.29, 0.717) is 0 Å². The van der Waals surface area contributed by atoms with Crippen LogP contribution in [0.1, 0.15) is 30.4 Å². The Labute approximate surface area is 101 Å². The molecule has 3 rings (SSSR count). The predicted molar refractivity (Wildman–Crippen MR) is 67.5 cm³/mol. The minimum atomic E-state index is -0.101. The molecule has 1 aliphatic carbocycles. The summed E-state index contributed by atoms with van der Waals surface area (Å²) in [5.74, 6) is 0.728. The zero-order valence-electron chi connectivity index (χ0n) is 10.0. The topological polar surface area (TPSA) is 12.9 Å². The van der Waals surface area contributed by atoms with Crippen molar-refractivity contribution < 1.29 is 4.39 Å². The number of aryl methyl sites for hydroxylation is 2. The van der Waals surface area contributed by atoms with Gasteiger partial charge in [0.1, 0.15) is 5.82 Å². The van der Waals surface area contributed by atoms with Gasteiger partial charge in [0.05, 0.1) is 5.52 Å². The maximum Gasteiger partial charge on any atom is 0.128 e. The summed E-state index contributed by atoms with van der Waals surface area (Å²) in [6.07, 6.45) is 6.34. The highest BCUT2D eigenvalue weighted by molar-refractivity contribution is 5.84. The van der Waals surface area contributed by atoms with Crippen molar-refractivity contribution in [2.75, 3.05) is 0 Å². The first-order valence-corrected chi connectivity index (χ1v) is 6.28.